The molecule has 1 aromatic rings. The van der Waals surface area contributed by atoms with Crippen LogP contribution in [0.1, 0.15) is 32.3 Å². The number of rotatable bonds is 5. The van der Waals surface area contributed by atoms with E-state index in [9.17, 15) is 23.2 Å². The number of amides is 2. The van der Waals surface area contributed by atoms with Crippen LogP contribution in [0.25, 0.3) is 0 Å². The number of nitrogens with one attached hydrogen (secondary N) is 1. The van der Waals surface area contributed by atoms with Crippen molar-refractivity contribution in [3.8, 4) is 17.6 Å². The van der Waals surface area contributed by atoms with Gasteiger partial charge < -0.3 is 9.64 Å². The van der Waals surface area contributed by atoms with E-state index in [0.29, 0.717) is 11.3 Å². The number of nitrogens with zero attached hydrogens (tertiary/aromatic N) is 1. The van der Waals surface area contributed by atoms with E-state index >= 15 is 0 Å². The predicted octanol–water partition coefficient (Wildman–Crippen LogP) is 0.622. The number of hydrogen-bond acceptors (Lipinski definition) is 6. The Bertz CT molecular complexity index is 925. The summed E-state index contributed by atoms with van der Waals surface area (Å²) in [5.41, 5.74) is 0.447. The first kappa shape index (κ1) is 21.5. The van der Waals surface area contributed by atoms with Crippen LogP contribution in [0, 0.1) is 17.3 Å². The Kier molecular flexibility index (Phi) is 7.20. The number of carbonyl (C=O) groups excluding carboxylic acids is 2. The average molecular weight is 406 g/mol. The zero-order chi connectivity index (χ0) is 20.7. The molecule has 1 aliphatic rings. The Balaban J connectivity index is 2.42. The molecule has 1 aromatic carbocycles. The van der Waals surface area contributed by atoms with E-state index in [4.69, 9.17) is 4.74 Å². The summed E-state index contributed by atoms with van der Waals surface area (Å²) >= 11 is 0. The summed E-state index contributed by atoms with van der Waals surface area (Å²) in [4.78, 5) is 25.5. The fourth-order valence-corrected chi connectivity index (χ4v) is 4.24. The van der Waals surface area contributed by atoms with Gasteiger partial charge in [0.15, 0.2) is 0 Å². The van der Waals surface area contributed by atoms with Crippen LogP contribution in [-0.2, 0) is 19.9 Å². The van der Waals surface area contributed by atoms with E-state index in [-0.39, 0.29) is 43.3 Å². The van der Waals surface area contributed by atoms with Gasteiger partial charge in [-0.2, -0.15) is 8.42 Å². The van der Waals surface area contributed by atoms with Crippen LogP contribution in [0.4, 0.5) is 0 Å². The number of carbonyl (C=O) groups is 2. The largest absolute Gasteiger partial charge is 0.481 e. The lowest BCUT2D eigenvalue weighted by Crippen LogP contribution is -2.53. The molecular weight excluding hydrogens is 384 g/mol. The number of benzene rings is 1. The lowest BCUT2D eigenvalue weighted by molar-refractivity contribution is -0.141. The van der Waals surface area contributed by atoms with Gasteiger partial charge in [0.1, 0.15) is 12.4 Å². The van der Waals surface area contributed by atoms with Gasteiger partial charge in [-0.15, -0.1) is 5.92 Å². The van der Waals surface area contributed by atoms with Crippen molar-refractivity contribution >= 4 is 27.0 Å². The van der Waals surface area contributed by atoms with Gasteiger partial charge in [-0.3, -0.25) is 14.8 Å². The van der Waals surface area contributed by atoms with Gasteiger partial charge in [0.2, 0.25) is 16.2 Å². The minimum atomic E-state index is -2.72. The SMILES string of the molecule is CC#CCOc1ccc(C(=S(=O)=O)C2(C(=O)NO)CCN(C(C)=O)CC2)cc1. The Morgan fingerprint density at radius 3 is 2.32 bits per heavy atom. The Morgan fingerprint density at radius 1 is 1.25 bits per heavy atom. The molecule has 28 heavy (non-hydrogen) atoms. The van der Waals surface area contributed by atoms with Crippen LogP contribution in [-0.4, -0.2) is 54.9 Å². The van der Waals surface area contributed by atoms with Crippen molar-refractivity contribution in [2.45, 2.75) is 26.7 Å². The standard InChI is InChI=1S/C19H22N2O6S/c1-3-4-13-27-16-7-5-15(6-8-16)17(28(25)26)19(18(23)20-24)9-11-21(12-10-19)14(2)22/h5-8,24H,9-13H2,1-2H3,(H,20,23). The first-order valence-electron chi connectivity index (χ1n) is 8.65. The van der Waals surface area contributed by atoms with Crippen LogP contribution < -0.4 is 10.2 Å². The molecule has 0 radical (unpaired) electrons. The highest BCUT2D eigenvalue weighted by Gasteiger charge is 2.47. The summed E-state index contributed by atoms with van der Waals surface area (Å²) in [6.45, 7) is 3.73. The topological polar surface area (TPSA) is 113 Å². The third-order valence-electron chi connectivity index (χ3n) is 4.80. The molecule has 0 bridgehead atoms. The third kappa shape index (κ3) is 4.52. The van der Waals surface area contributed by atoms with Crippen LogP contribution in [0.15, 0.2) is 24.3 Å². The molecule has 1 aliphatic heterocycles. The molecule has 0 aliphatic carbocycles. The summed E-state index contributed by atoms with van der Waals surface area (Å²) in [5.74, 6) is 5.01. The minimum Gasteiger partial charge on any atom is -0.481 e. The third-order valence-corrected chi connectivity index (χ3v) is 5.76. The van der Waals surface area contributed by atoms with E-state index in [2.05, 4.69) is 11.8 Å². The molecule has 150 valence electrons. The molecule has 9 heteroatoms. The van der Waals surface area contributed by atoms with Gasteiger partial charge in [-0.1, -0.05) is 5.92 Å². The number of hydrogen-bond donors (Lipinski definition) is 2. The first-order valence-corrected chi connectivity index (χ1v) is 9.73. The molecule has 2 rings (SSSR count). The zero-order valence-corrected chi connectivity index (χ0v) is 16.5. The molecular formula is C19H22N2O6S. The Hall–Kier alpha value is -2.83. The zero-order valence-electron chi connectivity index (χ0n) is 15.7. The molecule has 0 saturated carbocycles. The predicted molar refractivity (Wildman–Crippen MR) is 102 cm³/mol. The fourth-order valence-electron chi connectivity index (χ4n) is 3.29. The van der Waals surface area contributed by atoms with Gasteiger partial charge in [0, 0.05) is 20.0 Å². The van der Waals surface area contributed by atoms with Crippen molar-refractivity contribution < 1.29 is 28.0 Å². The number of piperidine rings is 1. The van der Waals surface area contributed by atoms with Crippen molar-refractivity contribution in [1.29, 1.82) is 0 Å². The molecule has 1 heterocycles. The number of ether oxygens (including phenoxy) is 1. The second-order valence-electron chi connectivity index (χ2n) is 6.33. The van der Waals surface area contributed by atoms with Gasteiger partial charge in [0.05, 0.1) is 10.3 Å². The second kappa shape index (κ2) is 9.39. The van der Waals surface area contributed by atoms with E-state index in [0.717, 1.165) is 0 Å². The number of hydroxylamine groups is 1. The van der Waals surface area contributed by atoms with Crippen molar-refractivity contribution in [1.82, 2.24) is 10.4 Å². The lowest BCUT2D eigenvalue weighted by Gasteiger charge is -2.39. The molecule has 2 N–H and O–H groups in total. The summed E-state index contributed by atoms with van der Waals surface area (Å²) in [5, 5.41) is 9.24. The molecule has 0 unspecified atom stereocenters. The highest BCUT2D eigenvalue weighted by atomic mass is 32.2. The van der Waals surface area contributed by atoms with E-state index < -0.39 is 21.6 Å². The highest BCUT2D eigenvalue weighted by molar-refractivity contribution is 7.73. The van der Waals surface area contributed by atoms with Crippen LogP contribution in [0.2, 0.25) is 0 Å². The molecule has 1 saturated heterocycles. The molecule has 0 atom stereocenters. The Labute approximate surface area is 165 Å². The average Bonchev–Trinajstić information content (AvgIpc) is 2.69. The minimum absolute atomic E-state index is 0.0760. The van der Waals surface area contributed by atoms with E-state index in [1.54, 1.807) is 41.6 Å². The maximum absolute atomic E-state index is 12.5. The van der Waals surface area contributed by atoms with Crippen molar-refractivity contribution in [2.75, 3.05) is 19.7 Å². The van der Waals surface area contributed by atoms with Crippen molar-refractivity contribution in [2.24, 2.45) is 5.41 Å². The first-order chi connectivity index (χ1) is 13.4. The van der Waals surface area contributed by atoms with Crippen LogP contribution in [0.5, 0.6) is 5.75 Å². The van der Waals surface area contributed by atoms with Crippen LogP contribution >= 0.6 is 0 Å². The second-order valence-corrected chi connectivity index (χ2v) is 7.21. The molecule has 0 aromatic heterocycles. The quantitative estimate of drug-likeness (QED) is 0.244. The number of likely N-dealkylation sites (tertiary alicyclic amines) is 1. The normalized spacial score (nSPS) is 15.0. The lowest BCUT2D eigenvalue weighted by atomic mass is 9.73. The van der Waals surface area contributed by atoms with Crippen LogP contribution in [0.3, 0.4) is 0 Å². The van der Waals surface area contributed by atoms with Crippen molar-refractivity contribution in [3.05, 3.63) is 29.8 Å². The maximum atomic E-state index is 12.5. The molecule has 8 nitrogen and oxygen atoms in total. The van der Waals surface area contributed by atoms with E-state index in [1.165, 1.54) is 6.92 Å². The van der Waals surface area contributed by atoms with Gasteiger partial charge in [-0.05, 0) is 49.6 Å². The van der Waals surface area contributed by atoms with Gasteiger partial charge in [0.25, 0.3) is 5.91 Å². The summed E-state index contributed by atoms with van der Waals surface area (Å²) in [6.07, 6.45) is 0.152. The molecule has 0 spiro atoms. The molecule has 2 amide bonds. The van der Waals surface area contributed by atoms with E-state index in [1.807, 2.05) is 0 Å². The summed E-state index contributed by atoms with van der Waals surface area (Å²) in [7, 11) is -2.72. The van der Waals surface area contributed by atoms with Gasteiger partial charge >= 0.3 is 0 Å². The fraction of sp³-hybridized carbons (Fsp3) is 0.421. The molecule has 1 fully saturated rings. The van der Waals surface area contributed by atoms with Gasteiger partial charge in [-0.25, -0.2) is 5.48 Å². The summed E-state index contributed by atoms with van der Waals surface area (Å²) in [6, 6.07) is 6.27. The van der Waals surface area contributed by atoms with Crippen molar-refractivity contribution in [3.63, 3.8) is 0 Å². The monoisotopic (exact) mass is 406 g/mol. The highest BCUT2D eigenvalue weighted by Crippen LogP contribution is 2.36. The summed E-state index contributed by atoms with van der Waals surface area (Å²) < 4.78 is 29.6. The smallest absolute Gasteiger partial charge is 0.255 e. The Morgan fingerprint density at radius 2 is 1.86 bits per heavy atom. The maximum Gasteiger partial charge on any atom is 0.255 e.